The van der Waals surface area contributed by atoms with Crippen LogP contribution >= 0.6 is 0 Å². The van der Waals surface area contributed by atoms with Crippen molar-refractivity contribution in [2.75, 3.05) is 0 Å². The molecular weight excluding hydrogens is 297 g/mol. The number of hydrogen-bond donors (Lipinski definition) is 0. The number of aryl methyl sites for hydroxylation is 1. The van der Waals surface area contributed by atoms with E-state index >= 15 is 0 Å². The molecule has 0 nitrogen and oxygen atoms in total. The van der Waals surface area contributed by atoms with Crippen LogP contribution in [0, 0.1) is 12.7 Å². The molecule has 75 valence electrons. The minimum atomic E-state index is -0.536. The Labute approximate surface area is 99.7 Å². The Hall–Kier alpha value is -0.812. The predicted octanol–water partition coefficient (Wildman–Crippen LogP) is 1.79. The van der Waals surface area contributed by atoms with Gasteiger partial charge in [-0.3, -0.25) is 0 Å². The summed E-state index contributed by atoms with van der Waals surface area (Å²) in [6, 6.07) is 15.5. The first-order chi connectivity index (χ1) is 7.24. The first kappa shape index (κ1) is 10.7. The van der Waals surface area contributed by atoms with Gasteiger partial charge in [-0.05, 0) is 0 Å². The molecule has 0 unspecified atom stereocenters. The Morgan fingerprint density at radius 3 is 1.80 bits per heavy atom. The van der Waals surface area contributed by atoms with Crippen LogP contribution in [0.25, 0.3) is 0 Å². The molecule has 0 spiro atoms. The van der Waals surface area contributed by atoms with Gasteiger partial charge in [-0.15, -0.1) is 0 Å². The van der Waals surface area contributed by atoms with Gasteiger partial charge in [0.1, 0.15) is 0 Å². The van der Waals surface area contributed by atoms with Gasteiger partial charge in [0, 0.05) is 0 Å². The van der Waals surface area contributed by atoms with E-state index in [0.29, 0.717) is 0 Å². The van der Waals surface area contributed by atoms with Crippen LogP contribution in [-0.2, 0) is 0 Å². The van der Waals surface area contributed by atoms with Gasteiger partial charge in [-0.1, -0.05) is 0 Å². The van der Waals surface area contributed by atoms with Gasteiger partial charge in [-0.2, -0.15) is 0 Å². The summed E-state index contributed by atoms with van der Waals surface area (Å²) in [6.07, 6.45) is 0. The molecule has 0 aliphatic carbocycles. The van der Waals surface area contributed by atoms with Crippen molar-refractivity contribution in [1.82, 2.24) is 0 Å². The van der Waals surface area contributed by atoms with Gasteiger partial charge in [0.15, 0.2) is 0 Å². The van der Waals surface area contributed by atoms with Crippen molar-refractivity contribution in [1.29, 1.82) is 0 Å². The monoisotopic (exact) mass is 307 g/mol. The first-order valence-electron chi connectivity index (χ1n) is 4.78. The summed E-state index contributed by atoms with van der Waals surface area (Å²) >= 11 is -0.536. The molecule has 0 saturated heterocycles. The number of rotatable bonds is 2. The van der Waals surface area contributed by atoms with Crippen molar-refractivity contribution in [2.45, 2.75) is 6.92 Å². The molecule has 0 bridgehead atoms. The molecule has 1 radical (unpaired) electrons. The van der Waals surface area contributed by atoms with Crippen molar-refractivity contribution >= 4 is 28.6 Å². The Bertz CT molecular complexity index is 388. The molecule has 0 saturated carbocycles. The Balaban J connectivity index is 2.15. The predicted molar refractivity (Wildman–Crippen MR) is 62.6 cm³/mol. The van der Waals surface area contributed by atoms with Crippen LogP contribution in [0.5, 0.6) is 0 Å². The van der Waals surface area contributed by atoms with E-state index in [1.807, 2.05) is 12.1 Å². The van der Waals surface area contributed by atoms with Crippen LogP contribution in [0.2, 0.25) is 0 Å². The Morgan fingerprint density at radius 1 is 0.800 bits per heavy atom. The average molecular weight is 308 g/mol. The maximum absolute atomic E-state index is 12.7. The molecule has 0 aliphatic heterocycles. The molecule has 2 rings (SSSR count). The fraction of sp³-hybridized carbons (Fsp3) is 0.0769. The molecule has 2 aromatic rings. The summed E-state index contributed by atoms with van der Waals surface area (Å²) in [5.41, 5.74) is 1.29. The molecule has 0 aliphatic rings. The zero-order valence-corrected chi connectivity index (χ0v) is 11.0. The third-order valence-electron chi connectivity index (χ3n) is 2.12. The molecule has 0 atom stereocenters. The SMILES string of the molecule is Cc1cc[c]([Sb][c]2ccc(F)cc2)cc1. The quantitative estimate of drug-likeness (QED) is 0.742. The van der Waals surface area contributed by atoms with Crippen LogP contribution in [0.15, 0.2) is 48.5 Å². The second kappa shape index (κ2) is 4.81. The number of halogens is 1. The molecule has 0 N–H and O–H groups in total. The summed E-state index contributed by atoms with van der Waals surface area (Å²) in [4.78, 5) is 0. The van der Waals surface area contributed by atoms with E-state index < -0.39 is 21.6 Å². The van der Waals surface area contributed by atoms with Gasteiger partial charge in [0.25, 0.3) is 0 Å². The Kier molecular flexibility index (Phi) is 3.43. The summed E-state index contributed by atoms with van der Waals surface area (Å²) < 4.78 is 15.4. The van der Waals surface area contributed by atoms with Crippen molar-refractivity contribution < 1.29 is 4.39 Å². The molecule has 0 aromatic heterocycles. The number of hydrogen-bond acceptors (Lipinski definition) is 0. The van der Waals surface area contributed by atoms with Crippen molar-refractivity contribution in [3.05, 3.63) is 59.9 Å². The van der Waals surface area contributed by atoms with Gasteiger partial charge in [-0.25, -0.2) is 0 Å². The normalized spacial score (nSPS) is 10.3. The van der Waals surface area contributed by atoms with E-state index in [9.17, 15) is 4.39 Å². The second-order valence-corrected chi connectivity index (χ2v) is 7.01. The van der Waals surface area contributed by atoms with Crippen molar-refractivity contribution in [3.8, 4) is 0 Å². The summed E-state index contributed by atoms with van der Waals surface area (Å²) in [7, 11) is 0. The zero-order chi connectivity index (χ0) is 10.7. The fourth-order valence-corrected chi connectivity index (χ4v) is 3.84. The van der Waals surface area contributed by atoms with Gasteiger partial charge in [0.05, 0.1) is 0 Å². The second-order valence-electron chi connectivity index (χ2n) is 3.42. The summed E-state index contributed by atoms with van der Waals surface area (Å²) in [5.74, 6) is -0.154. The third-order valence-corrected chi connectivity index (χ3v) is 5.29. The van der Waals surface area contributed by atoms with E-state index in [4.69, 9.17) is 0 Å². The third kappa shape index (κ3) is 3.07. The van der Waals surface area contributed by atoms with Crippen LogP contribution in [0.1, 0.15) is 5.56 Å². The first-order valence-corrected chi connectivity index (χ1v) is 7.33. The van der Waals surface area contributed by atoms with E-state index in [2.05, 4.69) is 31.2 Å². The standard InChI is InChI=1S/C7H7.C6H4F.Sb/c1-7-5-3-2-4-6-7;7-6-4-2-1-3-5-6;/h3-6H,1H3;2-5H;. The molecule has 15 heavy (non-hydrogen) atoms. The van der Waals surface area contributed by atoms with E-state index in [0.717, 1.165) is 0 Å². The maximum atomic E-state index is 12.7. The van der Waals surface area contributed by atoms with E-state index in [1.54, 1.807) is 12.1 Å². The number of benzene rings is 2. The summed E-state index contributed by atoms with van der Waals surface area (Å²) in [5, 5.41) is 0. The molecule has 2 aromatic carbocycles. The van der Waals surface area contributed by atoms with Crippen molar-refractivity contribution in [2.24, 2.45) is 0 Å². The summed E-state index contributed by atoms with van der Waals surface area (Å²) in [6.45, 7) is 2.09. The molecule has 0 heterocycles. The molecule has 2 heteroatoms. The molecule has 0 amide bonds. The van der Waals surface area contributed by atoms with E-state index in [-0.39, 0.29) is 5.82 Å². The van der Waals surface area contributed by atoms with Crippen LogP contribution in [0.4, 0.5) is 4.39 Å². The van der Waals surface area contributed by atoms with Crippen LogP contribution in [0.3, 0.4) is 0 Å². The van der Waals surface area contributed by atoms with Gasteiger partial charge >= 0.3 is 99.9 Å². The fourth-order valence-electron chi connectivity index (χ4n) is 1.28. The van der Waals surface area contributed by atoms with Gasteiger partial charge in [0.2, 0.25) is 0 Å². The van der Waals surface area contributed by atoms with Gasteiger partial charge < -0.3 is 0 Å². The molecular formula is C13H11FSb. The zero-order valence-electron chi connectivity index (χ0n) is 8.44. The Morgan fingerprint density at radius 2 is 1.27 bits per heavy atom. The topological polar surface area (TPSA) is 0 Å². The minimum absolute atomic E-state index is 0.154. The van der Waals surface area contributed by atoms with Crippen molar-refractivity contribution in [3.63, 3.8) is 0 Å². The van der Waals surface area contributed by atoms with E-state index in [1.165, 1.54) is 12.6 Å². The molecule has 0 fully saturated rings. The average Bonchev–Trinajstić information content (AvgIpc) is 2.25. The van der Waals surface area contributed by atoms with Crippen LogP contribution in [-0.4, -0.2) is 21.6 Å². The van der Waals surface area contributed by atoms with Crippen LogP contribution < -0.4 is 7.02 Å².